The molecule has 4 nitrogen and oxygen atoms in total. The van der Waals surface area contributed by atoms with E-state index in [1.807, 2.05) is 24.3 Å². The number of para-hydroxylation sites is 1. The molecule has 0 saturated heterocycles. The van der Waals surface area contributed by atoms with Crippen molar-refractivity contribution < 1.29 is 9.59 Å². The number of thioether (sulfide) groups is 1. The maximum absolute atomic E-state index is 12.4. The summed E-state index contributed by atoms with van der Waals surface area (Å²) in [4.78, 5) is 24.5. The first kappa shape index (κ1) is 19.1. The summed E-state index contributed by atoms with van der Waals surface area (Å²) in [6, 6.07) is 12.8. The monoisotopic (exact) mass is 408 g/mol. The molecule has 0 saturated carbocycles. The lowest BCUT2D eigenvalue weighted by molar-refractivity contribution is -0.116. The minimum absolute atomic E-state index is 0.00163. The van der Waals surface area contributed by atoms with Crippen molar-refractivity contribution in [3.8, 4) is 0 Å². The second-order valence-corrected chi connectivity index (χ2v) is 8.12. The number of anilines is 2. The molecule has 3 rings (SSSR count). The van der Waals surface area contributed by atoms with E-state index in [9.17, 15) is 9.59 Å². The fourth-order valence-corrected chi connectivity index (χ4v) is 4.17. The maximum atomic E-state index is 12.4. The van der Waals surface area contributed by atoms with Gasteiger partial charge in [-0.05, 0) is 42.7 Å². The van der Waals surface area contributed by atoms with Gasteiger partial charge in [-0.15, -0.1) is 11.8 Å². The van der Waals surface area contributed by atoms with Crippen molar-refractivity contribution in [2.75, 3.05) is 16.4 Å². The normalized spacial score (nSPS) is 16.4. The number of carbonyl (C=O) groups excluding carboxylic acids is 2. The molecule has 0 radical (unpaired) electrons. The van der Waals surface area contributed by atoms with Gasteiger partial charge in [0.1, 0.15) is 0 Å². The standard InChI is InChI=1S/C19H18Cl2N2O2S/c20-13-6-7-14(21)16(11-13)22-18(24)9-10-26-17-8-5-12-3-1-2-4-15(12)23-19(17)25/h1-4,6-7,11,17H,5,8-10H2,(H,22,24)(H,23,25). The number of nitrogens with one attached hydrogen (secondary N) is 2. The molecule has 1 unspecified atom stereocenters. The van der Waals surface area contributed by atoms with E-state index in [0.717, 1.165) is 24.1 Å². The van der Waals surface area contributed by atoms with Crippen LogP contribution in [-0.2, 0) is 16.0 Å². The van der Waals surface area contributed by atoms with Crippen LogP contribution in [0.5, 0.6) is 0 Å². The Morgan fingerprint density at radius 2 is 2.04 bits per heavy atom. The van der Waals surface area contributed by atoms with Crippen LogP contribution in [0, 0.1) is 0 Å². The molecule has 2 amide bonds. The minimum atomic E-state index is -0.162. The number of amides is 2. The number of halogens is 2. The van der Waals surface area contributed by atoms with Crippen molar-refractivity contribution in [1.29, 1.82) is 0 Å². The fraction of sp³-hybridized carbons (Fsp3) is 0.263. The Kier molecular flexibility index (Phi) is 6.46. The first-order valence-corrected chi connectivity index (χ1v) is 10.1. The summed E-state index contributed by atoms with van der Waals surface area (Å²) in [6.07, 6.45) is 1.90. The molecule has 26 heavy (non-hydrogen) atoms. The molecule has 0 aliphatic carbocycles. The van der Waals surface area contributed by atoms with E-state index in [-0.39, 0.29) is 17.1 Å². The zero-order chi connectivity index (χ0) is 18.5. The van der Waals surface area contributed by atoms with E-state index in [0.29, 0.717) is 27.9 Å². The lowest BCUT2D eigenvalue weighted by Crippen LogP contribution is -2.24. The Labute approximate surface area is 166 Å². The molecule has 136 valence electrons. The van der Waals surface area contributed by atoms with Crippen LogP contribution in [0.15, 0.2) is 42.5 Å². The van der Waals surface area contributed by atoms with Crippen molar-refractivity contribution in [2.45, 2.75) is 24.5 Å². The van der Waals surface area contributed by atoms with Crippen molar-refractivity contribution in [2.24, 2.45) is 0 Å². The molecule has 2 aromatic rings. The van der Waals surface area contributed by atoms with E-state index in [1.165, 1.54) is 11.8 Å². The average Bonchev–Trinajstić information content (AvgIpc) is 2.77. The summed E-state index contributed by atoms with van der Waals surface area (Å²) in [7, 11) is 0. The molecule has 0 bridgehead atoms. The Balaban J connectivity index is 1.49. The third-order valence-corrected chi connectivity index (χ3v) is 5.95. The topological polar surface area (TPSA) is 58.2 Å². The van der Waals surface area contributed by atoms with Crippen LogP contribution in [-0.4, -0.2) is 22.8 Å². The molecule has 1 aliphatic heterocycles. The van der Waals surface area contributed by atoms with Gasteiger partial charge in [0, 0.05) is 22.9 Å². The van der Waals surface area contributed by atoms with Gasteiger partial charge < -0.3 is 10.6 Å². The predicted molar refractivity (Wildman–Crippen MR) is 109 cm³/mol. The molecule has 2 N–H and O–H groups in total. The van der Waals surface area contributed by atoms with Gasteiger partial charge in [-0.3, -0.25) is 9.59 Å². The molecule has 7 heteroatoms. The van der Waals surface area contributed by atoms with Gasteiger partial charge in [-0.25, -0.2) is 0 Å². The Morgan fingerprint density at radius 1 is 1.23 bits per heavy atom. The van der Waals surface area contributed by atoms with Gasteiger partial charge in [0.2, 0.25) is 11.8 Å². The van der Waals surface area contributed by atoms with Gasteiger partial charge in [0.05, 0.1) is 16.0 Å². The van der Waals surface area contributed by atoms with E-state index < -0.39 is 0 Å². The highest BCUT2D eigenvalue weighted by molar-refractivity contribution is 8.00. The number of hydrogen-bond acceptors (Lipinski definition) is 3. The van der Waals surface area contributed by atoms with Crippen molar-refractivity contribution in [3.63, 3.8) is 0 Å². The van der Waals surface area contributed by atoms with Crippen LogP contribution in [0.4, 0.5) is 11.4 Å². The van der Waals surface area contributed by atoms with Gasteiger partial charge in [0.25, 0.3) is 0 Å². The molecule has 0 aromatic heterocycles. The Bertz CT molecular complexity index is 829. The molecule has 1 atom stereocenters. The highest BCUT2D eigenvalue weighted by Crippen LogP contribution is 2.28. The van der Waals surface area contributed by atoms with Gasteiger partial charge in [-0.1, -0.05) is 41.4 Å². The number of benzene rings is 2. The van der Waals surface area contributed by atoms with Crippen molar-refractivity contribution in [3.05, 3.63) is 58.1 Å². The Hall–Kier alpha value is -1.69. The molecule has 1 heterocycles. The lowest BCUT2D eigenvalue weighted by atomic mass is 10.1. The van der Waals surface area contributed by atoms with E-state index in [4.69, 9.17) is 23.2 Å². The zero-order valence-electron chi connectivity index (χ0n) is 13.9. The first-order valence-electron chi connectivity index (χ1n) is 8.28. The average molecular weight is 409 g/mol. The number of rotatable bonds is 5. The summed E-state index contributed by atoms with van der Waals surface area (Å²) in [6.45, 7) is 0. The van der Waals surface area contributed by atoms with Crippen molar-refractivity contribution >= 4 is 58.2 Å². The first-order chi connectivity index (χ1) is 12.5. The predicted octanol–water partition coefficient (Wildman–Crippen LogP) is 5.01. The molecular formula is C19H18Cl2N2O2S. The molecule has 0 fully saturated rings. The quantitative estimate of drug-likeness (QED) is 0.730. The van der Waals surface area contributed by atoms with E-state index in [2.05, 4.69) is 10.6 Å². The lowest BCUT2D eigenvalue weighted by Gasteiger charge is -2.13. The van der Waals surface area contributed by atoms with Crippen LogP contribution in [0.3, 0.4) is 0 Å². The molecule has 0 spiro atoms. The summed E-state index contributed by atoms with van der Waals surface area (Å²) < 4.78 is 0. The van der Waals surface area contributed by atoms with Crippen LogP contribution in [0.2, 0.25) is 10.0 Å². The summed E-state index contributed by atoms with van der Waals surface area (Å²) in [5, 5.41) is 6.52. The molecule has 1 aliphatic rings. The molecule has 2 aromatic carbocycles. The van der Waals surface area contributed by atoms with Crippen LogP contribution < -0.4 is 10.6 Å². The van der Waals surface area contributed by atoms with Crippen molar-refractivity contribution in [1.82, 2.24) is 0 Å². The highest BCUT2D eigenvalue weighted by atomic mass is 35.5. The SMILES string of the molecule is O=C(CCSC1CCc2ccccc2NC1=O)Nc1cc(Cl)ccc1Cl. The summed E-state index contributed by atoms with van der Waals surface area (Å²) >= 11 is 13.5. The molecular weight excluding hydrogens is 391 g/mol. The zero-order valence-corrected chi connectivity index (χ0v) is 16.3. The second-order valence-electron chi connectivity index (χ2n) is 5.97. The number of fused-ring (bicyclic) bond motifs is 1. The van der Waals surface area contributed by atoms with E-state index >= 15 is 0 Å². The third-order valence-electron chi connectivity index (χ3n) is 4.09. The van der Waals surface area contributed by atoms with Crippen LogP contribution in [0.1, 0.15) is 18.4 Å². The highest BCUT2D eigenvalue weighted by Gasteiger charge is 2.23. The number of aryl methyl sites for hydroxylation is 1. The number of hydrogen-bond donors (Lipinski definition) is 2. The summed E-state index contributed by atoms with van der Waals surface area (Å²) in [5.41, 5.74) is 2.53. The van der Waals surface area contributed by atoms with Gasteiger partial charge in [0.15, 0.2) is 0 Å². The van der Waals surface area contributed by atoms with Crippen LogP contribution in [0.25, 0.3) is 0 Å². The summed E-state index contributed by atoms with van der Waals surface area (Å²) in [5.74, 6) is 0.399. The minimum Gasteiger partial charge on any atom is -0.325 e. The van der Waals surface area contributed by atoms with Gasteiger partial charge in [-0.2, -0.15) is 0 Å². The maximum Gasteiger partial charge on any atom is 0.237 e. The van der Waals surface area contributed by atoms with E-state index in [1.54, 1.807) is 18.2 Å². The third kappa shape index (κ3) is 4.93. The largest absolute Gasteiger partial charge is 0.325 e. The van der Waals surface area contributed by atoms with Crippen LogP contribution >= 0.6 is 35.0 Å². The Morgan fingerprint density at radius 3 is 2.88 bits per heavy atom. The fourth-order valence-electron chi connectivity index (χ4n) is 2.75. The smallest absolute Gasteiger partial charge is 0.237 e. The second kappa shape index (κ2) is 8.80. The number of carbonyl (C=O) groups is 2. The van der Waals surface area contributed by atoms with Gasteiger partial charge >= 0.3 is 0 Å².